The number of hydrogen-bond acceptors (Lipinski definition) is 3. The van der Waals surface area contributed by atoms with E-state index in [9.17, 15) is 14.5 Å². The third-order valence-corrected chi connectivity index (χ3v) is 3.23. The molecule has 0 spiro atoms. The molecule has 108 valence electrons. The average Bonchev–Trinajstić information content (AvgIpc) is 2.53. The normalized spacial score (nSPS) is 11.1. The van der Waals surface area contributed by atoms with Crippen LogP contribution in [-0.4, -0.2) is 9.91 Å². The highest BCUT2D eigenvalue weighted by atomic mass is 19.1. The largest absolute Gasteiger partial charge is 0.295 e. The molecule has 0 bridgehead atoms. The van der Waals surface area contributed by atoms with Gasteiger partial charge in [-0.25, -0.2) is 9.37 Å². The molecule has 5 heteroatoms. The van der Waals surface area contributed by atoms with Crippen molar-refractivity contribution in [3.63, 3.8) is 0 Å². The van der Waals surface area contributed by atoms with Crippen molar-refractivity contribution in [1.82, 2.24) is 4.98 Å². The topological polar surface area (TPSA) is 56.0 Å². The molecule has 0 saturated carbocycles. The quantitative estimate of drug-likeness (QED) is 0.529. The number of rotatable bonds is 3. The minimum absolute atomic E-state index is 0.0583. The van der Waals surface area contributed by atoms with Gasteiger partial charge in [0.1, 0.15) is 11.5 Å². The second-order valence-corrected chi connectivity index (χ2v) is 4.73. The molecule has 22 heavy (non-hydrogen) atoms. The van der Waals surface area contributed by atoms with Crippen LogP contribution in [0.2, 0.25) is 0 Å². The summed E-state index contributed by atoms with van der Waals surface area (Å²) in [5.74, 6) is -0.327. The number of fused-ring (bicyclic) bond motifs is 1. The Morgan fingerprint density at radius 1 is 1.05 bits per heavy atom. The molecule has 0 aliphatic heterocycles. The summed E-state index contributed by atoms with van der Waals surface area (Å²) in [5.41, 5.74) is 1.64. The van der Waals surface area contributed by atoms with Gasteiger partial charge in [-0.15, -0.1) is 0 Å². The zero-order valence-electron chi connectivity index (χ0n) is 11.4. The van der Waals surface area contributed by atoms with Gasteiger partial charge in [0, 0.05) is 11.5 Å². The fourth-order valence-corrected chi connectivity index (χ4v) is 2.14. The van der Waals surface area contributed by atoms with Crippen LogP contribution in [0, 0.1) is 15.9 Å². The summed E-state index contributed by atoms with van der Waals surface area (Å²) in [7, 11) is 0. The number of nitro groups is 1. The third-order valence-electron chi connectivity index (χ3n) is 3.23. The molecule has 0 saturated heterocycles. The van der Waals surface area contributed by atoms with E-state index < -0.39 is 4.92 Å². The van der Waals surface area contributed by atoms with E-state index in [-0.39, 0.29) is 17.2 Å². The molecule has 0 amide bonds. The van der Waals surface area contributed by atoms with Crippen LogP contribution >= 0.6 is 0 Å². The minimum atomic E-state index is -0.455. The van der Waals surface area contributed by atoms with Crippen LogP contribution in [0.25, 0.3) is 23.1 Å². The van der Waals surface area contributed by atoms with Crippen LogP contribution < -0.4 is 0 Å². The molecule has 0 aliphatic rings. The van der Waals surface area contributed by atoms with E-state index in [0.29, 0.717) is 10.9 Å². The standard InChI is InChI=1S/C17H11FN2O2/c18-14-8-5-12(6-9-14)7-10-16-17(20(21)22)11-13-3-1-2-4-15(13)19-16/h1-11H/b10-7+. The molecular weight excluding hydrogens is 283 g/mol. The van der Waals surface area contributed by atoms with Gasteiger partial charge < -0.3 is 0 Å². The predicted octanol–water partition coefficient (Wildman–Crippen LogP) is 4.45. The number of aromatic nitrogens is 1. The lowest BCUT2D eigenvalue weighted by atomic mass is 10.1. The summed E-state index contributed by atoms with van der Waals surface area (Å²) in [5, 5.41) is 11.9. The summed E-state index contributed by atoms with van der Waals surface area (Å²) < 4.78 is 12.9. The van der Waals surface area contributed by atoms with E-state index in [1.807, 2.05) is 12.1 Å². The lowest BCUT2D eigenvalue weighted by molar-refractivity contribution is -0.385. The molecule has 0 atom stereocenters. The van der Waals surface area contributed by atoms with Crippen LogP contribution in [0.4, 0.5) is 10.1 Å². The second kappa shape index (κ2) is 5.73. The summed E-state index contributed by atoms with van der Waals surface area (Å²) in [6, 6.07) is 14.6. The summed E-state index contributed by atoms with van der Waals surface area (Å²) in [6.07, 6.45) is 3.24. The van der Waals surface area contributed by atoms with Crippen LogP contribution in [0.5, 0.6) is 0 Å². The summed E-state index contributed by atoms with van der Waals surface area (Å²) in [4.78, 5) is 15.1. The monoisotopic (exact) mass is 294 g/mol. The van der Waals surface area contributed by atoms with Crippen molar-refractivity contribution < 1.29 is 9.31 Å². The first-order valence-electron chi connectivity index (χ1n) is 6.61. The van der Waals surface area contributed by atoms with Gasteiger partial charge in [0.25, 0.3) is 5.69 Å². The lowest BCUT2D eigenvalue weighted by Crippen LogP contribution is -1.95. The van der Waals surface area contributed by atoms with Crippen molar-refractivity contribution in [2.24, 2.45) is 0 Å². The molecule has 3 rings (SSSR count). The molecule has 3 aromatic rings. The van der Waals surface area contributed by atoms with Gasteiger partial charge in [-0.05, 0) is 29.8 Å². The number of para-hydroxylation sites is 1. The van der Waals surface area contributed by atoms with Crippen molar-refractivity contribution in [2.45, 2.75) is 0 Å². The van der Waals surface area contributed by atoms with E-state index in [4.69, 9.17) is 0 Å². The minimum Gasteiger partial charge on any atom is -0.258 e. The third kappa shape index (κ3) is 2.83. The molecule has 0 radical (unpaired) electrons. The molecule has 4 nitrogen and oxygen atoms in total. The van der Waals surface area contributed by atoms with E-state index in [1.165, 1.54) is 18.2 Å². The maximum Gasteiger partial charge on any atom is 0.295 e. The van der Waals surface area contributed by atoms with Crippen LogP contribution in [-0.2, 0) is 0 Å². The summed E-state index contributed by atoms with van der Waals surface area (Å²) in [6.45, 7) is 0. The Bertz CT molecular complexity index is 873. The fraction of sp³-hybridized carbons (Fsp3) is 0. The van der Waals surface area contributed by atoms with Gasteiger partial charge in [-0.1, -0.05) is 36.4 Å². The number of pyridine rings is 1. The van der Waals surface area contributed by atoms with Crippen LogP contribution in [0.3, 0.4) is 0 Å². The molecule has 1 aromatic heterocycles. The zero-order chi connectivity index (χ0) is 15.5. The highest BCUT2D eigenvalue weighted by molar-refractivity contribution is 5.84. The lowest BCUT2D eigenvalue weighted by Gasteiger charge is -2.01. The first-order valence-corrected chi connectivity index (χ1v) is 6.61. The fourth-order valence-electron chi connectivity index (χ4n) is 2.14. The summed E-state index contributed by atoms with van der Waals surface area (Å²) >= 11 is 0. The molecule has 2 aromatic carbocycles. The van der Waals surface area contributed by atoms with Crippen molar-refractivity contribution >= 4 is 28.7 Å². The highest BCUT2D eigenvalue weighted by Crippen LogP contribution is 2.24. The molecule has 0 unspecified atom stereocenters. The van der Waals surface area contributed by atoms with Crippen LogP contribution in [0.15, 0.2) is 54.6 Å². The van der Waals surface area contributed by atoms with Crippen LogP contribution in [0.1, 0.15) is 11.3 Å². The molecule has 0 N–H and O–H groups in total. The van der Waals surface area contributed by atoms with Gasteiger partial charge in [-0.2, -0.15) is 0 Å². The first kappa shape index (κ1) is 13.9. The Balaban J connectivity index is 2.06. The van der Waals surface area contributed by atoms with E-state index in [1.54, 1.807) is 36.4 Å². The number of hydrogen-bond donors (Lipinski definition) is 0. The highest BCUT2D eigenvalue weighted by Gasteiger charge is 2.14. The van der Waals surface area contributed by atoms with E-state index in [2.05, 4.69) is 4.98 Å². The first-order chi connectivity index (χ1) is 10.6. The number of nitrogens with zero attached hydrogens (tertiary/aromatic N) is 2. The Labute approximate surface area is 125 Å². The Morgan fingerprint density at radius 2 is 1.77 bits per heavy atom. The molecule has 0 aliphatic carbocycles. The zero-order valence-corrected chi connectivity index (χ0v) is 11.4. The van der Waals surface area contributed by atoms with Crippen molar-refractivity contribution in [3.05, 3.63) is 81.8 Å². The van der Waals surface area contributed by atoms with Gasteiger partial charge in [0.05, 0.1) is 10.4 Å². The number of benzene rings is 2. The van der Waals surface area contributed by atoms with Crippen molar-refractivity contribution in [2.75, 3.05) is 0 Å². The number of halogens is 1. The van der Waals surface area contributed by atoms with Crippen molar-refractivity contribution in [3.8, 4) is 0 Å². The second-order valence-electron chi connectivity index (χ2n) is 4.73. The maximum absolute atomic E-state index is 12.9. The SMILES string of the molecule is O=[N+]([O-])c1cc2ccccc2nc1/C=C/c1ccc(F)cc1. The van der Waals surface area contributed by atoms with Gasteiger partial charge in [-0.3, -0.25) is 10.1 Å². The molecule has 0 fully saturated rings. The smallest absolute Gasteiger partial charge is 0.258 e. The Kier molecular flexibility index (Phi) is 3.62. The van der Waals surface area contributed by atoms with Gasteiger partial charge >= 0.3 is 0 Å². The van der Waals surface area contributed by atoms with Crippen molar-refractivity contribution in [1.29, 1.82) is 0 Å². The van der Waals surface area contributed by atoms with E-state index in [0.717, 1.165) is 5.56 Å². The maximum atomic E-state index is 12.9. The van der Waals surface area contributed by atoms with Gasteiger partial charge in [0.2, 0.25) is 0 Å². The molecular formula is C17H11FN2O2. The average molecular weight is 294 g/mol. The Morgan fingerprint density at radius 3 is 2.50 bits per heavy atom. The Hall–Kier alpha value is -3.08. The molecule has 1 heterocycles. The predicted molar refractivity (Wildman–Crippen MR) is 83.7 cm³/mol. The van der Waals surface area contributed by atoms with Gasteiger partial charge in [0.15, 0.2) is 0 Å². The van der Waals surface area contributed by atoms with E-state index >= 15 is 0 Å².